The van der Waals surface area contributed by atoms with E-state index < -0.39 is 6.43 Å². The van der Waals surface area contributed by atoms with Crippen LogP contribution in [0.3, 0.4) is 0 Å². The third-order valence-electron chi connectivity index (χ3n) is 2.97. The summed E-state index contributed by atoms with van der Waals surface area (Å²) >= 11 is 0. The van der Waals surface area contributed by atoms with Crippen LogP contribution in [-0.4, -0.2) is 9.97 Å². The van der Waals surface area contributed by atoms with E-state index in [4.69, 9.17) is 0 Å². The predicted molar refractivity (Wildman–Crippen MR) is 69.9 cm³/mol. The molecule has 0 bridgehead atoms. The number of aromatic nitrogens is 2. The average molecular weight is 256 g/mol. The highest BCUT2D eigenvalue weighted by Gasteiger charge is 2.10. The summed E-state index contributed by atoms with van der Waals surface area (Å²) in [5.41, 5.74) is 2.30. The number of halogens is 2. The SMILES string of the molecule is FC(F)c1cncc(-c2cccc3ncccc23)c1. The van der Waals surface area contributed by atoms with Gasteiger partial charge in [-0.15, -0.1) is 0 Å². The number of nitrogens with zero attached hydrogens (tertiary/aromatic N) is 2. The van der Waals surface area contributed by atoms with Crippen molar-refractivity contribution in [3.05, 3.63) is 60.6 Å². The molecule has 0 N–H and O–H groups in total. The van der Waals surface area contributed by atoms with Gasteiger partial charge in [-0.1, -0.05) is 18.2 Å². The highest BCUT2D eigenvalue weighted by molar-refractivity contribution is 5.94. The maximum Gasteiger partial charge on any atom is 0.265 e. The summed E-state index contributed by atoms with van der Waals surface area (Å²) in [6, 6.07) is 10.9. The van der Waals surface area contributed by atoms with Gasteiger partial charge in [0.25, 0.3) is 6.43 Å². The number of fused-ring (bicyclic) bond motifs is 1. The molecule has 2 nitrogen and oxygen atoms in total. The van der Waals surface area contributed by atoms with E-state index in [2.05, 4.69) is 9.97 Å². The molecule has 2 heterocycles. The second-order valence-corrected chi connectivity index (χ2v) is 4.18. The van der Waals surface area contributed by atoms with Crippen molar-refractivity contribution in [2.45, 2.75) is 6.43 Å². The van der Waals surface area contributed by atoms with Crippen molar-refractivity contribution in [2.75, 3.05) is 0 Å². The lowest BCUT2D eigenvalue weighted by Crippen LogP contribution is -1.89. The zero-order valence-corrected chi connectivity index (χ0v) is 9.92. The van der Waals surface area contributed by atoms with Crippen LogP contribution in [0.2, 0.25) is 0 Å². The van der Waals surface area contributed by atoms with Crippen LogP contribution in [0.1, 0.15) is 12.0 Å². The first-order valence-corrected chi connectivity index (χ1v) is 5.83. The minimum absolute atomic E-state index is 0.0709. The average Bonchev–Trinajstić information content (AvgIpc) is 2.47. The third-order valence-corrected chi connectivity index (χ3v) is 2.97. The van der Waals surface area contributed by atoms with Gasteiger partial charge >= 0.3 is 0 Å². The Kier molecular flexibility index (Phi) is 2.91. The standard InChI is InChI=1S/C15H10F2N2/c16-15(17)11-7-10(8-18-9-11)12-3-1-5-14-13(12)4-2-6-19-14/h1-9,15H. The number of alkyl halides is 2. The third kappa shape index (κ3) is 2.17. The van der Waals surface area contributed by atoms with Crippen LogP contribution in [0, 0.1) is 0 Å². The van der Waals surface area contributed by atoms with Gasteiger partial charge in [-0.05, 0) is 23.8 Å². The molecule has 3 rings (SSSR count). The quantitative estimate of drug-likeness (QED) is 0.685. The summed E-state index contributed by atoms with van der Waals surface area (Å²) in [5, 5.41) is 0.929. The Morgan fingerprint density at radius 3 is 2.74 bits per heavy atom. The molecule has 0 aliphatic carbocycles. The maximum atomic E-state index is 12.7. The van der Waals surface area contributed by atoms with Gasteiger partial charge in [-0.2, -0.15) is 0 Å². The summed E-state index contributed by atoms with van der Waals surface area (Å²) in [5.74, 6) is 0. The van der Waals surface area contributed by atoms with E-state index in [1.54, 1.807) is 12.4 Å². The molecule has 94 valence electrons. The monoisotopic (exact) mass is 256 g/mol. The predicted octanol–water partition coefficient (Wildman–Crippen LogP) is 4.23. The van der Waals surface area contributed by atoms with Crippen molar-refractivity contribution in [3.63, 3.8) is 0 Å². The van der Waals surface area contributed by atoms with E-state index in [0.717, 1.165) is 16.5 Å². The molecule has 0 unspecified atom stereocenters. The summed E-state index contributed by atoms with van der Waals surface area (Å²) in [6.07, 6.45) is 1.98. The Hall–Kier alpha value is -2.36. The minimum Gasteiger partial charge on any atom is -0.264 e. The minimum atomic E-state index is -2.51. The number of benzene rings is 1. The maximum absolute atomic E-state index is 12.7. The van der Waals surface area contributed by atoms with Crippen LogP contribution in [0.25, 0.3) is 22.0 Å². The van der Waals surface area contributed by atoms with Crippen molar-refractivity contribution in [1.29, 1.82) is 0 Å². The second kappa shape index (κ2) is 4.72. The van der Waals surface area contributed by atoms with Crippen molar-refractivity contribution in [3.8, 4) is 11.1 Å². The molecule has 0 radical (unpaired) electrons. The Morgan fingerprint density at radius 2 is 1.89 bits per heavy atom. The lowest BCUT2D eigenvalue weighted by Gasteiger charge is -2.07. The normalized spacial score (nSPS) is 11.1. The molecule has 1 aromatic carbocycles. The lowest BCUT2D eigenvalue weighted by molar-refractivity contribution is 0.151. The number of pyridine rings is 2. The number of hydrogen-bond donors (Lipinski definition) is 0. The molecule has 0 fully saturated rings. The first-order valence-electron chi connectivity index (χ1n) is 5.83. The number of hydrogen-bond acceptors (Lipinski definition) is 2. The van der Waals surface area contributed by atoms with Crippen LogP contribution in [0.4, 0.5) is 8.78 Å². The molecule has 0 saturated carbocycles. The number of rotatable bonds is 2. The van der Waals surface area contributed by atoms with Gasteiger partial charge < -0.3 is 0 Å². The van der Waals surface area contributed by atoms with Crippen molar-refractivity contribution in [2.24, 2.45) is 0 Å². The highest BCUT2D eigenvalue weighted by Crippen LogP contribution is 2.29. The summed E-state index contributed by atoms with van der Waals surface area (Å²) in [7, 11) is 0. The summed E-state index contributed by atoms with van der Waals surface area (Å²) in [4.78, 5) is 8.15. The van der Waals surface area contributed by atoms with E-state index in [-0.39, 0.29) is 5.56 Å². The van der Waals surface area contributed by atoms with Gasteiger partial charge in [0.15, 0.2) is 0 Å². The molecule has 2 aromatic heterocycles. The van der Waals surface area contributed by atoms with Gasteiger partial charge in [0.2, 0.25) is 0 Å². The lowest BCUT2D eigenvalue weighted by atomic mass is 10.0. The molecular formula is C15H10F2N2. The molecule has 0 aliphatic heterocycles. The van der Waals surface area contributed by atoms with Crippen LogP contribution in [-0.2, 0) is 0 Å². The molecular weight excluding hydrogens is 246 g/mol. The van der Waals surface area contributed by atoms with Crippen LogP contribution in [0.15, 0.2) is 55.0 Å². The van der Waals surface area contributed by atoms with Crippen LogP contribution in [0.5, 0.6) is 0 Å². The first-order chi connectivity index (χ1) is 9.25. The first kappa shape index (κ1) is 11.7. The van der Waals surface area contributed by atoms with Gasteiger partial charge in [0.05, 0.1) is 5.52 Å². The van der Waals surface area contributed by atoms with Crippen molar-refractivity contribution in [1.82, 2.24) is 9.97 Å². The van der Waals surface area contributed by atoms with E-state index in [1.165, 1.54) is 12.3 Å². The Balaban J connectivity index is 2.22. The highest BCUT2D eigenvalue weighted by atomic mass is 19.3. The second-order valence-electron chi connectivity index (χ2n) is 4.18. The Bertz CT molecular complexity index is 721. The molecule has 0 atom stereocenters. The Morgan fingerprint density at radius 1 is 1.00 bits per heavy atom. The van der Waals surface area contributed by atoms with Crippen molar-refractivity contribution >= 4 is 10.9 Å². The molecule has 4 heteroatoms. The molecule has 0 spiro atoms. The fourth-order valence-corrected chi connectivity index (χ4v) is 2.08. The smallest absolute Gasteiger partial charge is 0.264 e. The topological polar surface area (TPSA) is 25.8 Å². The van der Waals surface area contributed by atoms with E-state index in [0.29, 0.717) is 5.56 Å². The fraction of sp³-hybridized carbons (Fsp3) is 0.0667. The van der Waals surface area contributed by atoms with Crippen molar-refractivity contribution < 1.29 is 8.78 Å². The zero-order valence-electron chi connectivity index (χ0n) is 9.92. The van der Waals surface area contributed by atoms with Crippen LogP contribution < -0.4 is 0 Å². The molecule has 0 amide bonds. The van der Waals surface area contributed by atoms with Gasteiger partial charge in [-0.3, -0.25) is 9.97 Å². The van der Waals surface area contributed by atoms with Gasteiger partial charge in [0, 0.05) is 35.1 Å². The molecule has 0 aliphatic rings. The van der Waals surface area contributed by atoms with Gasteiger partial charge in [0.1, 0.15) is 0 Å². The zero-order chi connectivity index (χ0) is 13.2. The molecule has 0 saturated heterocycles. The fourth-order valence-electron chi connectivity index (χ4n) is 2.08. The summed E-state index contributed by atoms with van der Waals surface area (Å²) in [6.45, 7) is 0. The van der Waals surface area contributed by atoms with E-state index >= 15 is 0 Å². The molecule has 3 aromatic rings. The van der Waals surface area contributed by atoms with Crippen LogP contribution >= 0.6 is 0 Å². The van der Waals surface area contributed by atoms with E-state index in [9.17, 15) is 8.78 Å². The Labute approximate surface area is 108 Å². The van der Waals surface area contributed by atoms with E-state index in [1.807, 2.05) is 30.3 Å². The summed E-state index contributed by atoms with van der Waals surface area (Å²) < 4.78 is 25.4. The largest absolute Gasteiger partial charge is 0.265 e. The molecule has 19 heavy (non-hydrogen) atoms. The van der Waals surface area contributed by atoms with Gasteiger partial charge in [-0.25, -0.2) is 8.78 Å².